The van der Waals surface area contributed by atoms with Crippen molar-refractivity contribution in [1.82, 2.24) is 4.90 Å². The van der Waals surface area contributed by atoms with Crippen LogP contribution in [0.4, 0.5) is 0 Å². The SMILES string of the molecule is COCC(=O)N1CCCC[C@@H](c2ccc(Cl)cc2)C1. The van der Waals surface area contributed by atoms with E-state index in [9.17, 15) is 4.79 Å². The van der Waals surface area contributed by atoms with Gasteiger partial charge in [-0.15, -0.1) is 0 Å². The Hall–Kier alpha value is -1.06. The Morgan fingerprint density at radius 1 is 1.37 bits per heavy atom. The number of likely N-dealkylation sites (tertiary alicyclic amines) is 1. The Labute approximate surface area is 119 Å². The number of rotatable bonds is 3. The second kappa shape index (κ2) is 6.92. The summed E-state index contributed by atoms with van der Waals surface area (Å²) in [6, 6.07) is 7.97. The summed E-state index contributed by atoms with van der Waals surface area (Å²) in [6.07, 6.45) is 3.35. The smallest absolute Gasteiger partial charge is 0.248 e. The maximum absolute atomic E-state index is 12.0. The summed E-state index contributed by atoms with van der Waals surface area (Å²) >= 11 is 5.92. The standard InChI is InChI=1S/C15H20ClNO2/c1-19-11-15(18)17-9-3-2-4-13(10-17)12-5-7-14(16)8-6-12/h5-8,13H,2-4,9-11H2,1H3/t13-/m1/s1. The van der Waals surface area contributed by atoms with Gasteiger partial charge in [-0.1, -0.05) is 30.2 Å². The van der Waals surface area contributed by atoms with E-state index in [-0.39, 0.29) is 12.5 Å². The Bertz CT molecular complexity index is 419. The molecule has 1 amide bonds. The number of carbonyl (C=O) groups excluding carboxylic acids is 1. The molecule has 1 aliphatic rings. The number of methoxy groups -OCH3 is 1. The molecule has 0 aromatic heterocycles. The Balaban J connectivity index is 2.07. The summed E-state index contributed by atoms with van der Waals surface area (Å²) in [7, 11) is 1.56. The van der Waals surface area contributed by atoms with E-state index in [1.807, 2.05) is 17.0 Å². The van der Waals surface area contributed by atoms with E-state index in [0.29, 0.717) is 5.92 Å². The number of hydrogen-bond donors (Lipinski definition) is 0. The highest BCUT2D eigenvalue weighted by molar-refractivity contribution is 6.30. The van der Waals surface area contributed by atoms with E-state index in [0.717, 1.165) is 37.4 Å². The number of carbonyl (C=O) groups is 1. The average Bonchev–Trinajstić information content (AvgIpc) is 2.66. The highest BCUT2D eigenvalue weighted by Crippen LogP contribution is 2.27. The van der Waals surface area contributed by atoms with Gasteiger partial charge in [0, 0.05) is 31.1 Å². The molecular weight excluding hydrogens is 262 g/mol. The largest absolute Gasteiger partial charge is 0.375 e. The van der Waals surface area contributed by atoms with Crippen molar-refractivity contribution in [2.45, 2.75) is 25.2 Å². The van der Waals surface area contributed by atoms with Gasteiger partial charge in [-0.25, -0.2) is 0 Å². The highest BCUT2D eigenvalue weighted by atomic mass is 35.5. The van der Waals surface area contributed by atoms with Gasteiger partial charge in [0.2, 0.25) is 5.91 Å². The predicted molar refractivity (Wildman–Crippen MR) is 76.5 cm³/mol. The number of nitrogens with zero attached hydrogens (tertiary/aromatic N) is 1. The van der Waals surface area contributed by atoms with Crippen LogP contribution in [-0.2, 0) is 9.53 Å². The van der Waals surface area contributed by atoms with Crippen LogP contribution in [0.3, 0.4) is 0 Å². The fourth-order valence-electron chi connectivity index (χ4n) is 2.59. The highest BCUT2D eigenvalue weighted by Gasteiger charge is 2.22. The molecule has 0 spiro atoms. The van der Waals surface area contributed by atoms with Crippen LogP contribution in [0.1, 0.15) is 30.7 Å². The number of hydrogen-bond acceptors (Lipinski definition) is 2. The normalized spacial score (nSPS) is 20.1. The maximum Gasteiger partial charge on any atom is 0.248 e. The molecule has 0 N–H and O–H groups in total. The first-order valence-corrected chi connectivity index (χ1v) is 7.10. The van der Waals surface area contributed by atoms with Crippen molar-refractivity contribution in [2.24, 2.45) is 0 Å². The minimum Gasteiger partial charge on any atom is -0.375 e. The fourth-order valence-corrected chi connectivity index (χ4v) is 2.72. The Morgan fingerprint density at radius 3 is 2.79 bits per heavy atom. The third-order valence-corrected chi connectivity index (χ3v) is 3.89. The van der Waals surface area contributed by atoms with Crippen LogP contribution in [0.25, 0.3) is 0 Å². The van der Waals surface area contributed by atoms with Gasteiger partial charge in [0.1, 0.15) is 6.61 Å². The maximum atomic E-state index is 12.0. The Morgan fingerprint density at radius 2 is 2.11 bits per heavy atom. The topological polar surface area (TPSA) is 29.5 Å². The lowest BCUT2D eigenvalue weighted by Gasteiger charge is -2.24. The van der Waals surface area contributed by atoms with Crippen molar-refractivity contribution in [1.29, 1.82) is 0 Å². The van der Waals surface area contributed by atoms with Crippen LogP contribution in [-0.4, -0.2) is 37.6 Å². The second-order valence-corrected chi connectivity index (χ2v) is 5.45. The van der Waals surface area contributed by atoms with Gasteiger partial charge in [-0.2, -0.15) is 0 Å². The summed E-state index contributed by atoms with van der Waals surface area (Å²) in [5.41, 5.74) is 1.27. The van der Waals surface area contributed by atoms with E-state index in [2.05, 4.69) is 12.1 Å². The summed E-state index contributed by atoms with van der Waals surface area (Å²) in [5.74, 6) is 0.490. The molecule has 1 fully saturated rings. The molecule has 3 nitrogen and oxygen atoms in total. The first-order chi connectivity index (χ1) is 9.20. The molecule has 4 heteroatoms. The molecule has 1 saturated heterocycles. The zero-order valence-corrected chi connectivity index (χ0v) is 12.0. The van der Waals surface area contributed by atoms with Crippen molar-refractivity contribution in [3.05, 3.63) is 34.9 Å². The zero-order valence-electron chi connectivity index (χ0n) is 11.3. The van der Waals surface area contributed by atoms with Crippen LogP contribution in [0.15, 0.2) is 24.3 Å². The molecule has 104 valence electrons. The minimum absolute atomic E-state index is 0.0864. The zero-order chi connectivity index (χ0) is 13.7. The molecule has 1 aromatic rings. The van der Waals surface area contributed by atoms with E-state index < -0.39 is 0 Å². The second-order valence-electron chi connectivity index (χ2n) is 5.02. The first kappa shape index (κ1) is 14.4. The lowest BCUT2D eigenvalue weighted by Crippen LogP contribution is -2.36. The van der Waals surface area contributed by atoms with Gasteiger partial charge in [-0.05, 0) is 30.5 Å². The lowest BCUT2D eigenvalue weighted by atomic mass is 9.94. The quantitative estimate of drug-likeness (QED) is 0.852. The summed E-state index contributed by atoms with van der Waals surface area (Å²) in [4.78, 5) is 13.9. The van der Waals surface area contributed by atoms with E-state index in [1.54, 1.807) is 7.11 Å². The van der Waals surface area contributed by atoms with Gasteiger partial charge >= 0.3 is 0 Å². The van der Waals surface area contributed by atoms with Crippen molar-refractivity contribution in [2.75, 3.05) is 26.8 Å². The average molecular weight is 282 g/mol. The Kier molecular flexibility index (Phi) is 5.23. The number of ether oxygens (including phenoxy) is 1. The molecule has 0 aliphatic carbocycles. The predicted octanol–water partition coefficient (Wildman–Crippen LogP) is 3.08. The molecule has 1 aliphatic heterocycles. The molecular formula is C15H20ClNO2. The molecule has 0 saturated carbocycles. The van der Waals surface area contributed by atoms with Crippen molar-refractivity contribution in [3.63, 3.8) is 0 Å². The monoisotopic (exact) mass is 281 g/mol. The minimum atomic E-state index is 0.0864. The molecule has 19 heavy (non-hydrogen) atoms. The van der Waals surface area contributed by atoms with Crippen molar-refractivity contribution < 1.29 is 9.53 Å². The molecule has 1 atom stereocenters. The van der Waals surface area contributed by atoms with Crippen LogP contribution >= 0.6 is 11.6 Å². The molecule has 0 unspecified atom stereocenters. The van der Waals surface area contributed by atoms with E-state index in [1.165, 1.54) is 5.56 Å². The summed E-state index contributed by atoms with van der Waals surface area (Å²) < 4.78 is 4.95. The third kappa shape index (κ3) is 3.95. The summed E-state index contributed by atoms with van der Waals surface area (Å²) in [5, 5.41) is 0.754. The van der Waals surface area contributed by atoms with Crippen LogP contribution in [0.5, 0.6) is 0 Å². The fraction of sp³-hybridized carbons (Fsp3) is 0.533. The van der Waals surface area contributed by atoms with E-state index in [4.69, 9.17) is 16.3 Å². The van der Waals surface area contributed by atoms with Crippen molar-refractivity contribution in [3.8, 4) is 0 Å². The summed E-state index contributed by atoms with van der Waals surface area (Å²) in [6.45, 7) is 1.80. The van der Waals surface area contributed by atoms with Gasteiger partial charge in [0.25, 0.3) is 0 Å². The van der Waals surface area contributed by atoms with Crippen LogP contribution in [0.2, 0.25) is 5.02 Å². The molecule has 0 radical (unpaired) electrons. The van der Waals surface area contributed by atoms with Crippen molar-refractivity contribution >= 4 is 17.5 Å². The number of amides is 1. The third-order valence-electron chi connectivity index (χ3n) is 3.63. The van der Waals surface area contributed by atoms with Gasteiger partial charge < -0.3 is 9.64 Å². The molecule has 2 rings (SSSR count). The van der Waals surface area contributed by atoms with Gasteiger partial charge in [0.05, 0.1) is 0 Å². The number of benzene rings is 1. The van der Waals surface area contributed by atoms with Crippen LogP contribution in [0, 0.1) is 0 Å². The molecule has 1 aromatic carbocycles. The lowest BCUT2D eigenvalue weighted by molar-refractivity contribution is -0.135. The van der Waals surface area contributed by atoms with Crippen LogP contribution < -0.4 is 0 Å². The molecule has 1 heterocycles. The molecule has 0 bridgehead atoms. The van der Waals surface area contributed by atoms with E-state index >= 15 is 0 Å². The van der Waals surface area contributed by atoms with Gasteiger partial charge in [0.15, 0.2) is 0 Å². The first-order valence-electron chi connectivity index (χ1n) is 6.73. The van der Waals surface area contributed by atoms with Gasteiger partial charge in [-0.3, -0.25) is 4.79 Å². The number of halogens is 1.